The molecular weight excluding hydrogens is 702 g/mol. The van der Waals surface area contributed by atoms with Gasteiger partial charge in [-0.2, -0.15) is 0 Å². The first kappa shape index (κ1) is 38.8. The molecule has 16 heteroatoms. The molecule has 0 saturated heterocycles. The maximum atomic E-state index is 12.4. The minimum absolute atomic E-state index is 0.109. The highest BCUT2D eigenvalue weighted by Crippen LogP contribution is 2.15. The second-order valence-electron chi connectivity index (χ2n) is 8.65. The molecule has 1 rings (SSSR count). The Morgan fingerprint density at radius 3 is 1.37 bits per heavy atom. The number of benzene rings is 1. The number of hydrogen-bond acceptors (Lipinski definition) is 10. The maximum absolute atomic E-state index is 12.4. The monoisotopic (exact) mass is 741 g/mol. The summed E-state index contributed by atoms with van der Waals surface area (Å²) in [7, 11) is 0. The van der Waals surface area contributed by atoms with Crippen LogP contribution in [-0.2, 0) is 53.5 Å². The minimum Gasteiger partial charge on any atom is -0.480 e. The molecule has 244 valence electrons. The predicted octanol–water partition coefficient (Wildman–Crippen LogP) is 0.623. The van der Waals surface area contributed by atoms with Crippen LogP contribution >= 0.6 is 31.9 Å². The van der Waals surface area contributed by atoms with Crippen LogP contribution in [0.25, 0.3) is 0 Å². The lowest BCUT2D eigenvalue weighted by atomic mass is 10.1. The Hall–Kier alpha value is -2.18. The van der Waals surface area contributed by atoms with Gasteiger partial charge in [-0.1, -0.05) is 37.9 Å². The summed E-state index contributed by atoms with van der Waals surface area (Å²) in [6, 6.07) is 5.71. The summed E-state index contributed by atoms with van der Waals surface area (Å²) in [4.78, 5) is 46.1. The Kier molecular flexibility index (Phi) is 23.7. The zero-order valence-corrected chi connectivity index (χ0v) is 27.2. The highest BCUT2D eigenvalue weighted by molar-refractivity contribution is 9.08. The van der Waals surface area contributed by atoms with Crippen LogP contribution < -0.4 is 16.0 Å². The maximum Gasteiger partial charge on any atom is 0.329 e. The average molecular weight is 743 g/mol. The summed E-state index contributed by atoms with van der Waals surface area (Å²) in [6.07, 6.45) is 0. The van der Waals surface area contributed by atoms with Gasteiger partial charge >= 0.3 is 5.97 Å². The van der Waals surface area contributed by atoms with Crippen molar-refractivity contribution in [3.8, 4) is 0 Å². The molecule has 0 bridgehead atoms. The molecule has 0 aliphatic rings. The van der Waals surface area contributed by atoms with Crippen LogP contribution in [0.5, 0.6) is 0 Å². The average Bonchev–Trinajstić information content (AvgIpc) is 3.00. The topological polar surface area (TPSA) is 180 Å². The molecule has 0 aliphatic heterocycles. The molecule has 3 amide bonds. The molecule has 0 heterocycles. The Balaban J connectivity index is 1.88. The molecule has 0 aromatic heterocycles. The van der Waals surface area contributed by atoms with Crippen molar-refractivity contribution < 1.29 is 52.7 Å². The van der Waals surface area contributed by atoms with E-state index < -0.39 is 5.97 Å². The van der Waals surface area contributed by atoms with Gasteiger partial charge in [0.25, 0.3) is 5.91 Å². The third-order valence-corrected chi connectivity index (χ3v) is 6.40. The minimum atomic E-state index is -1.04. The lowest BCUT2D eigenvalue weighted by Gasteiger charge is -2.10. The van der Waals surface area contributed by atoms with Gasteiger partial charge in [0.2, 0.25) is 11.8 Å². The normalized spacial score (nSPS) is 10.8. The molecule has 0 unspecified atom stereocenters. The molecule has 0 atom stereocenters. The van der Waals surface area contributed by atoms with Gasteiger partial charge in [-0.15, -0.1) is 0 Å². The first-order chi connectivity index (χ1) is 20.8. The van der Waals surface area contributed by atoms with Crippen molar-refractivity contribution in [3.63, 3.8) is 0 Å². The summed E-state index contributed by atoms with van der Waals surface area (Å²) >= 11 is 6.83. The van der Waals surface area contributed by atoms with E-state index in [1.165, 1.54) is 0 Å². The molecule has 0 spiro atoms. The number of carboxylic acids is 1. The highest BCUT2D eigenvalue weighted by Gasteiger charge is 2.08. The van der Waals surface area contributed by atoms with Gasteiger partial charge in [0.15, 0.2) is 0 Å². The van der Waals surface area contributed by atoms with E-state index >= 15 is 0 Å². The first-order valence-corrected chi connectivity index (χ1v) is 15.8. The van der Waals surface area contributed by atoms with Crippen LogP contribution in [-0.4, -0.2) is 128 Å². The summed E-state index contributed by atoms with van der Waals surface area (Å²) in [6.45, 7) is 2.60. The van der Waals surface area contributed by atoms with E-state index in [9.17, 15) is 19.2 Å². The van der Waals surface area contributed by atoms with Crippen LogP contribution in [0.2, 0.25) is 0 Å². The lowest BCUT2D eigenvalue weighted by Crippen LogP contribution is -2.32. The third kappa shape index (κ3) is 22.1. The number of nitrogens with one attached hydrogen (secondary N) is 3. The van der Waals surface area contributed by atoms with Gasteiger partial charge in [-0.25, -0.2) is 4.79 Å². The molecule has 4 N–H and O–H groups in total. The van der Waals surface area contributed by atoms with Crippen LogP contribution in [0.3, 0.4) is 0 Å². The number of amides is 3. The summed E-state index contributed by atoms with van der Waals surface area (Å²) < 4.78 is 31.2. The summed E-state index contributed by atoms with van der Waals surface area (Å²) in [5.74, 6) is -1.79. The molecule has 14 nitrogen and oxygen atoms in total. The molecule has 0 saturated carbocycles. The molecule has 0 aliphatic carbocycles. The molecule has 1 aromatic rings. The van der Waals surface area contributed by atoms with E-state index in [1.807, 2.05) is 18.2 Å². The smallest absolute Gasteiger partial charge is 0.329 e. The van der Waals surface area contributed by atoms with E-state index in [2.05, 4.69) is 47.8 Å². The quantitative estimate of drug-likeness (QED) is 0.0734. The molecular formula is C27H41Br2N3O11. The highest BCUT2D eigenvalue weighted by atomic mass is 79.9. The van der Waals surface area contributed by atoms with E-state index in [1.54, 1.807) is 0 Å². The second-order valence-corrected chi connectivity index (χ2v) is 9.77. The van der Waals surface area contributed by atoms with Crippen molar-refractivity contribution in [3.05, 3.63) is 34.9 Å². The first-order valence-electron chi connectivity index (χ1n) is 13.6. The Morgan fingerprint density at radius 1 is 0.558 bits per heavy atom. The van der Waals surface area contributed by atoms with E-state index in [0.717, 1.165) is 11.1 Å². The number of hydrogen-bond donors (Lipinski definition) is 4. The third-order valence-electron chi connectivity index (χ3n) is 5.10. The fraction of sp³-hybridized carbons (Fsp3) is 0.630. The largest absolute Gasteiger partial charge is 0.480 e. The van der Waals surface area contributed by atoms with Gasteiger partial charge in [-0.3, -0.25) is 14.4 Å². The molecule has 1 aromatic carbocycles. The zero-order valence-electron chi connectivity index (χ0n) is 24.0. The summed E-state index contributed by atoms with van der Waals surface area (Å²) in [5.41, 5.74) is 2.65. The van der Waals surface area contributed by atoms with Crippen molar-refractivity contribution in [1.82, 2.24) is 16.0 Å². The fourth-order valence-corrected chi connectivity index (χ4v) is 3.81. The second kappa shape index (κ2) is 26.2. The molecule has 43 heavy (non-hydrogen) atoms. The van der Waals surface area contributed by atoms with Gasteiger partial charge in [0.1, 0.15) is 19.8 Å². The number of carboxylic acid groups (broad SMARTS) is 1. The Morgan fingerprint density at radius 2 is 0.953 bits per heavy atom. The number of carbonyl (C=O) groups is 4. The summed E-state index contributed by atoms with van der Waals surface area (Å²) in [5, 5.41) is 17.9. The van der Waals surface area contributed by atoms with Gasteiger partial charge < -0.3 is 49.5 Å². The predicted molar refractivity (Wildman–Crippen MR) is 163 cm³/mol. The number of halogens is 2. The van der Waals surface area contributed by atoms with Gasteiger partial charge in [-0.05, 0) is 23.3 Å². The van der Waals surface area contributed by atoms with Gasteiger partial charge in [0.05, 0.1) is 59.5 Å². The van der Waals surface area contributed by atoms with Crippen molar-refractivity contribution in [2.45, 2.75) is 10.7 Å². The molecule has 0 radical (unpaired) electrons. The van der Waals surface area contributed by atoms with Crippen LogP contribution in [0, 0.1) is 0 Å². The van der Waals surface area contributed by atoms with E-state index in [-0.39, 0.29) is 90.4 Å². The van der Waals surface area contributed by atoms with E-state index in [0.29, 0.717) is 42.5 Å². The number of ether oxygens (including phenoxy) is 6. The van der Waals surface area contributed by atoms with Crippen molar-refractivity contribution in [1.29, 1.82) is 0 Å². The number of alkyl halides is 2. The standard InChI is InChI=1S/C27H41Br2N3O11/c28-16-21-13-22(17-29)15-23(14-21)27(37)32-3-6-40-8-11-42-19-25(34)30-1-4-38-7-10-41-18-24(33)31-2-5-39-9-12-43-20-26(35)36/h13-15H,1-12,16-20H2,(H,30,34)(H,31,33)(H,32,37)(H,35,36). The van der Waals surface area contributed by atoms with Crippen molar-refractivity contribution >= 4 is 55.6 Å². The Bertz CT molecular complexity index is 935. The van der Waals surface area contributed by atoms with Crippen LogP contribution in [0.4, 0.5) is 0 Å². The van der Waals surface area contributed by atoms with Crippen LogP contribution in [0.1, 0.15) is 21.5 Å². The lowest BCUT2D eigenvalue weighted by molar-refractivity contribution is -0.142. The van der Waals surface area contributed by atoms with Crippen LogP contribution in [0.15, 0.2) is 18.2 Å². The number of carbonyl (C=O) groups excluding carboxylic acids is 3. The van der Waals surface area contributed by atoms with Crippen molar-refractivity contribution in [2.24, 2.45) is 0 Å². The van der Waals surface area contributed by atoms with Crippen molar-refractivity contribution in [2.75, 3.05) is 98.9 Å². The zero-order chi connectivity index (χ0) is 31.5. The number of aliphatic carboxylic acids is 1. The van der Waals surface area contributed by atoms with E-state index in [4.69, 9.17) is 33.5 Å². The van der Waals surface area contributed by atoms with Gasteiger partial charge in [0, 0.05) is 35.9 Å². The Labute approximate surface area is 268 Å². The SMILES string of the molecule is O=C(O)COCCOCCNC(=O)COCCOCCNC(=O)COCCOCCNC(=O)c1cc(CBr)cc(CBr)c1. The fourth-order valence-electron chi connectivity index (χ4n) is 3.16. The molecule has 0 fully saturated rings. The number of rotatable bonds is 27.